The van der Waals surface area contributed by atoms with Crippen molar-refractivity contribution < 1.29 is 0 Å². The highest BCUT2D eigenvalue weighted by Gasteiger charge is 2.39. The fraction of sp³-hybridized carbons (Fsp3) is 0.731. The van der Waals surface area contributed by atoms with Crippen molar-refractivity contribution in [1.82, 2.24) is 25.3 Å². The Morgan fingerprint density at radius 3 is 2.42 bits per heavy atom. The van der Waals surface area contributed by atoms with E-state index in [9.17, 15) is 0 Å². The molecule has 0 saturated carbocycles. The van der Waals surface area contributed by atoms with E-state index in [0.717, 1.165) is 25.6 Å². The maximum absolute atomic E-state index is 4.61. The minimum atomic E-state index is 0. The summed E-state index contributed by atoms with van der Waals surface area (Å²) in [4.78, 5) is 12.5. The second-order valence-electron chi connectivity index (χ2n) is 10.2. The quantitative estimate of drug-likeness (QED) is 0.313. The molecule has 186 valence electrons. The Labute approximate surface area is 218 Å². The summed E-state index contributed by atoms with van der Waals surface area (Å²) in [5, 5.41) is 7.52. The molecule has 3 fully saturated rings. The topological polar surface area (TPSA) is 46.1 Å². The van der Waals surface area contributed by atoms with Crippen LogP contribution < -0.4 is 10.6 Å². The van der Waals surface area contributed by atoms with Crippen molar-refractivity contribution in [3.63, 3.8) is 0 Å². The van der Waals surface area contributed by atoms with E-state index in [0.29, 0.717) is 6.04 Å². The molecule has 0 amide bonds. The summed E-state index contributed by atoms with van der Waals surface area (Å²) in [6, 6.07) is 11.3. The number of nitrogens with zero attached hydrogens (tertiary/aromatic N) is 4. The molecule has 0 bridgehead atoms. The summed E-state index contributed by atoms with van der Waals surface area (Å²) in [5.41, 5.74) is 1.68. The molecular weight excluding hydrogens is 523 g/mol. The molecule has 1 unspecified atom stereocenters. The van der Waals surface area contributed by atoms with Crippen molar-refractivity contribution in [2.24, 2.45) is 4.99 Å². The van der Waals surface area contributed by atoms with Gasteiger partial charge in [-0.1, -0.05) is 36.8 Å². The highest BCUT2D eigenvalue weighted by molar-refractivity contribution is 14.0. The minimum Gasteiger partial charge on any atom is -0.355 e. The van der Waals surface area contributed by atoms with Gasteiger partial charge in [-0.05, 0) is 83.9 Å². The number of likely N-dealkylation sites (tertiary alicyclic amines) is 3. The van der Waals surface area contributed by atoms with Gasteiger partial charge in [-0.3, -0.25) is 14.8 Å². The van der Waals surface area contributed by atoms with Crippen LogP contribution in [0.1, 0.15) is 50.5 Å². The van der Waals surface area contributed by atoms with Crippen LogP contribution >= 0.6 is 24.0 Å². The third-order valence-corrected chi connectivity index (χ3v) is 7.85. The molecule has 6 nitrogen and oxygen atoms in total. The molecule has 7 heteroatoms. The van der Waals surface area contributed by atoms with E-state index in [1.54, 1.807) is 0 Å². The SMILES string of the molecule is CN=C(NCC1(N2CCCCC2)CCN(C)CC1)NC1CCCN(Cc2ccccc2)C1.I. The Balaban J connectivity index is 0.00000306. The van der Waals surface area contributed by atoms with Gasteiger partial charge in [0.05, 0.1) is 0 Å². The van der Waals surface area contributed by atoms with Gasteiger partial charge in [0.25, 0.3) is 0 Å². The lowest BCUT2D eigenvalue weighted by Crippen LogP contribution is -2.62. The Morgan fingerprint density at radius 2 is 1.73 bits per heavy atom. The van der Waals surface area contributed by atoms with E-state index < -0.39 is 0 Å². The first kappa shape index (κ1) is 26.7. The zero-order valence-corrected chi connectivity index (χ0v) is 23.1. The lowest BCUT2D eigenvalue weighted by molar-refractivity contribution is 0.0172. The molecule has 3 aliphatic heterocycles. The second kappa shape index (κ2) is 13.3. The predicted molar refractivity (Wildman–Crippen MR) is 150 cm³/mol. The number of benzene rings is 1. The zero-order valence-electron chi connectivity index (χ0n) is 20.8. The van der Waals surface area contributed by atoms with E-state index in [2.05, 4.69) is 67.7 Å². The van der Waals surface area contributed by atoms with Gasteiger partial charge < -0.3 is 15.5 Å². The Hall–Kier alpha value is -0.900. The van der Waals surface area contributed by atoms with Gasteiger partial charge in [0.2, 0.25) is 0 Å². The van der Waals surface area contributed by atoms with Crippen LogP contribution in [0.4, 0.5) is 0 Å². The minimum absolute atomic E-state index is 0. The van der Waals surface area contributed by atoms with Gasteiger partial charge in [-0.15, -0.1) is 24.0 Å². The number of guanidine groups is 1. The molecule has 4 rings (SSSR count). The zero-order chi connectivity index (χ0) is 22.2. The van der Waals surface area contributed by atoms with Crippen molar-refractivity contribution in [2.75, 3.05) is 59.9 Å². The fourth-order valence-corrected chi connectivity index (χ4v) is 5.80. The van der Waals surface area contributed by atoms with Gasteiger partial charge in [0, 0.05) is 38.3 Å². The van der Waals surface area contributed by atoms with Crippen molar-refractivity contribution in [3.8, 4) is 0 Å². The third-order valence-electron chi connectivity index (χ3n) is 7.85. The fourth-order valence-electron chi connectivity index (χ4n) is 5.80. The molecule has 3 saturated heterocycles. The average molecular weight is 569 g/mol. The summed E-state index contributed by atoms with van der Waals surface area (Å²) in [6.45, 7) is 9.21. The number of hydrogen-bond acceptors (Lipinski definition) is 4. The summed E-state index contributed by atoms with van der Waals surface area (Å²) in [7, 11) is 4.18. The van der Waals surface area contributed by atoms with Crippen LogP contribution in [0.25, 0.3) is 0 Å². The van der Waals surface area contributed by atoms with Crippen LogP contribution in [0, 0.1) is 0 Å². The molecule has 1 atom stereocenters. The van der Waals surface area contributed by atoms with Gasteiger partial charge in [0.15, 0.2) is 5.96 Å². The van der Waals surface area contributed by atoms with Crippen molar-refractivity contribution in [3.05, 3.63) is 35.9 Å². The number of hydrogen-bond donors (Lipinski definition) is 2. The molecule has 0 aliphatic carbocycles. The molecule has 33 heavy (non-hydrogen) atoms. The average Bonchev–Trinajstić information content (AvgIpc) is 2.84. The van der Waals surface area contributed by atoms with Crippen molar-refractivity contribution >= 4 is 29.9 Å². The largest absolute Gasteiger partial charge is 0.355 e. The number of aliphatic imine (C=N–C) groups is 1. The Morgan fingerprint density at radius 1 is 1.00 bits per heavy atom. The lowest BCUT2D eigenvalue weighted by atomic mass is 9.84. The van der Waals surface area contributed by atoms with E-state index in [1.165, 1.54) is 83.2 Å². The Kier molecular flexibility index (Phi) is 10.7. The maximum atomic E-state index is 4.61. The van der Waals surface area contributed by atoms with E-state index in [4.69, 9.17) is 0 Å². The number of piperidine rings is 3. The van der Waals surface area contributed by atoms with Crippen LogP contribution in [0.2, 0.25) is 0 Å². The highest BCUT2D eigenvalue weighted by Crippen LogP contribution is 2.30. The Bertz CT molecular complexity index is 713. The maximum Gasteiger partial charge on any atom is 0.191 e. The molecule has 0 aromatic heterocycles. The van der Waals surface area contributed by atoms with Gasteiger partial charge in [-0.2, -0.15) is 0 Å². The first-order valence-electron chi connectivity index (χ1n) is 12.8. The molecule has 2 N–H and O–H groups in total. The van der Waals surface area contributed by atoms with Crippen LogP contribution in [-0.4, -0.2) is 92.1 Å². The highest BCUT2D eigenvalue weighted by atomic mass is 127. The van der Waals surface area contributed by atoms with Crippen LogP contribution in [0.15, 0.2) is 35.3 Å². The van der Waals surface area contributed by atoms with Gasteiger partial charge in [-0.25, -0.2) is 0 Å². The summed E-state index contributed by atoms with van der Waals surface area (Å²) in [5.74, 6) is 0.979. The van der Waals surface area contributed by atoms with E-state index in [-0.39, 0.29) is 29.5 Å². The van der Waals surface area contributed by atoms with E-state index >= 15 is 0 Å². The van der Waals surface area contributed by atoms with E-state index in [1.807, 2.05) is 7.05 Å². The number of halogens is 1. The smallest absolute Gasteiger partial charge is 0.191 e. The second-order valence-corrected chi connectivity index (χ2v) is 10.2. The normalized spacial score (nSPS) is 25.3. The molecular formula is C26H45IN6. The third kappa shape index (κ3) is 7.54. The van der Waals surface area contributed by atoms with Crippen LogP contribution in [-0.2, 0) is 6.54 Å². The number of rotatable bonds is 6. The molecule has 1 aromatic rings. The summed E-state index contributed by atoms with van der Waals surface area (Å²) >= 11 is 0. The van der Waals surface area contributed by atoms with Gasteiger partial charge >= 0.3 is 0 Å². The van der Waals surface area contributed by atoms with Crippen molar-refractivity contribution in [2.45, 2.75) is 63.1 Å². The van der Waals surface area contributed by atoms with Crippen molar-refractivity contribution in [1.29, 1.82) is 0 Å². The first-order valence-corrected chi connectivity index (χ1v) is 12.8. The molecule has 0 radical (unpaired) electrons. The predicted octanol–water partition coefficient (Wildman–Crippen LogP) is 3.38. The molecule has 3 aliphatic rings. The monoisotopic (exact) mass is 568 g/mol. The molecule has 3 heterocycles. The van der Waals surface area contributed by atoms with Crippen LogP contribution in [0.5, 0.6) is 0 Å². The first-order chi connectivity index (χ1) is 15.7. The molecule has 0 spiro atoms. The standard InChI is InChI=1S/C26H44N6.HI/c1-27-25(29-24-12-9-15-31(21-24)20-23-10-5-3-6-11-23)28-22-26(13-18-30(2)19-14-26)32-16-7-4-8-17-32;/h3,5-6,10-11,24H,4,7-9,12-22H2,1-2H3,(H2,27,28,29);1H. The molecule has 1 aromatic carbocycles. The summed E-state index contributed by atoms with van der Waals surface area (Å²) in [6.07, 6.45) is 9.06. The number of nitrogens with one attached hydrogen (secondary N) is 2. The lowest BCUT2D eigenvalue weighted by Gasteiger charge is -2.50. The summed E-state index contributed by atoms with van der Waals surface area (Å²) < 4.78 is 0. The van der Waals surface area contributed by atoms with Crippen LogP contribution in [0.3, 0.4) is 0 Å². The van der Waals surface area contributed by atoms with Gasteiger partial charge in [0.1, 0.15) is 0 Å².